The van der Waals surface area contributed by atoms with Crippen molar-refractivity contribution in [2.45, 2.75) is 32.4 Å². The Balaban J connectivity index is 1.43. The van der Waals surface area contributed by atoms with Crippen LogP contribution < -0.4 is 0 Å². The van der Waals surface area contributed by atoms with Gasteiger partial charge in [-0.2, -0.15) is 0 Å². The second kappa shape index (κ2) is 8.45. The van der Waals surface area contributed by atoms with Gasteiger partial charge in [0.1, 0.15) is 12.0 Å². The lowest BCUT2D eigenvalue weighted by Crippen LogP contribution is -2.39. The number of ketones is 1. The molecule has 3 heterocycles. The fourth-order valence-corrected chi connectivity index (χ4v) is 4.53. The van der Waals surface area contributed by atoms with Crippen molar-refractivity contribution in [3.8, 4) is 10.4 Å². The fraction of sp³-hybridized carbons (Fsp3) is 0.409. The fourth-order valence-electron chi connectivity index (χ4n) is 3.91. The van der Waals surface area contributed by atoms with E-state index in [0.29, 0.717) is 13.0 Å². The molecule has 1 aromatic carbocycles. The minimum Gasteiger partial charge on any atom is -0.300 e. The van der Waals surface area contributed by atoms with Crippen molar-refractivity contribution in [2.75, 3.05) is 19.6 Å². The molecule has 0 spiro atoms. The van der Waals surface area contributed by atoms with Crippen LogP contribution in [0.4, 0.5) is 4.39 Å². The topological polar surface area (TPSA) is 46.1 Å². The molecule has 4 nitrogen and oxygen atoms in total. The Morgan fingerprint density at radius 2 is 2.07 bits per heavy atom. The molecular formula is C22H24FN3OS. The summed E-state index contributed by atoms with van der Waals surface area (Å²) in [6.07, 6.45) is 4.89. The van der Waals surface area contributed by atoms with Gasteiger partial charge >= 0.3 is 0 Å². The van der Waals surface area contributed by atoms with Crippen LogP contribution >= 0.6 is 11.3 Å². The number of halogens is 1. The van der Waals surface area contributed by atoms with Crippen LogP contribution in [0.15, 0.2) is 42.2 Å². The van der Waals surface area contributed by atoms with Gasteiger partial charge in [0.25, 0.3) is 0 Å². The number of carbonyl (C=O) groups is 1. The Hall–Kier alpha value is -2.18. The third-order valence-electron chi connectivity index (χ3n) is 5.40. The van der Waals surface area contributed by atoms with Crippen LogP contribution in [0.25, 0.3) is 21.2 Å². The summed E-state index contributed by atoms with van der Waals surface area (Å²) in [6, 6.07) is 8.30. The van der Waals surface area contributed by atoms with Crippen LogP contribution in [0, 0.1) is 5.92 Å². The zero-order valence-corrected chi connectivity index (χ0v) is 16.8. The Kier molecular flexibility index (Phi) is 5.78. The van der Waals surface area contributed by atoms with E-state index in [-0.39, 0.29) is 11.7 Å². The van der Waals surface area contributed by atoms with E-state index < -0.39 is 6.17 Å². The second-order valence-corrected chi connectivity index (χ2v) is 8.49. The largest absolute Gasteiger partial charge is 0.300 e. The molecular weight excluding hydrogens is 373 g/mol. The average Bonchev–Trinajstić information content (AvgIpc) is 3.22. The molecule has 0 bridgehead atoms. The number of piperidine rings is 1. The Morgan fingerprint density at radius 3 is 2.79 bits per heavy atom. The van der Waals surface area contributed by atoms with Crippen molar-refractivity contribution in [3.05, 3.63) is 47.9 Å². The highest BCUT2D eigenvalue weighted by Gasteiger charge is 2.25. The maximum atomic E-state index is 13.2. The molecule has 0 saturated carbocycles. The second-order valence-electron chi connectivity index (χ2n) is 7.60. The smallest absolute Gasteiger partial charge is 0.142 e. The molecule has 1 atom stereocenters. The molecule has 4 rings (SSSR count). The van der Waals surface area contributed by atoms with Gasteiger partial charge in [0.05, 0.1) is 10.4 Å². The molecule has 1 fully saturated rings. The predicted molar refractivity (Wildman–Crippen MR) is 111 cm³/mol. The van der Waals surface area contributed by atoms with Gasteiger partial charge < -0.3 is 4.90 Å². The summed E-state index contributed by atoms with van der Waals surface area (Å²) in [5.41, 5.74) is 3.78. The number of likely N-dealkylation sites (tertiary alicyclic amines) is 1. The lowest BCUT2D eigenvalue weighted by atomic mass is 9.90. The number of benzene rings is 1. The first kappa shape index (κ1) is 19.2. The van der Waals surface area contributed by atoms with Gasteiger partial charge in [-0.1, -0.05) is 12.1 Å². The Labute approximate surface area is 168 Å². The zero-order chi connectivity index (χ0) is 19.5. The standard InChI is InChI=1S/C22H24FN3OS/c1-15(23)13-26-6-4-16(5-7-26)21(27)10-20-9-19-8-17(22-12-24-14-28-22)2-3-18(19)11-25-20/h2-3,8-9,11-12,14-16H,4-7,10,13H2,1H3/t15-/m0/s1. The first-order valence-electron chi connectivity index (χ1n) is 9.75. The Morgan fingerprint density at radius 1 is 1.25 bits per heavy atom. The number of alkyl halides is 1. The summed E-state index contributed by atoms with van der Waals surface area (Å²) in [4.78, 5) is 24.6. The van der Waals surface area contributed by atoms with Gasteiger partial charge in [-0.3, -0.25) is 14.8 Å². The Bertz CT molecular complexity index is 950. The molecule has 6 heteroatoms. The highest BCUT2D eigenvalue weighted by Crippen LogP contribution is 2.27. The number of hydrogen-bond acceptors (Lipinski definition) is 5. The zero-order valence-electron chi connectivity index (χ0n) is 16.0. The van der Waals surface area contributed by atoms with Gasteiger partial charge in [0.2, 0.25) is 0 Å². The lowest BCUT2D eigenvalue weighted by molar-refractivity contribution is -0.123. The van der Waals surface area contributed by atoms with Crippen LogP contribution in [-0.2, 0) is 11.2 Å². The summed E-state index contributed by atoms with van der Waals surface area (Å²) >= 11 is 1.61. The van der Waals surface area contributed by atoms with Crippen molar-refractivity contribution < 1.29 is 9.18 Å². The highest BCUT2D eigenvalue weighted by atomic mass is 32.1. The van der Waals surface area contributed by atoms with Crippen LogP contribution in [0.2, 0.25) is 0 Å². The summed E-state index contributed by atoms with van der Waals surface area (Å²) in [5.74, 6) is 0.311. The molecule has 1 saturated heterocycles. The van der Waals surface area contributed by atoms with E-state index in [1.165, 1.54) is 0 Å². The van der Waals surface area contributed by atoms with Gasteiger partial charge in [0.15, 0.2) is 0 Å². The maximum Gasteiger partial charge on any atom is 0.142 e. The molecule has 0 aliphatic carbocycles. The number of thiazole rings is 1. The monoisotopic (exact) mass is 397 g/mol. The van der Waals surface area contributed by atoms with Crippen molar-refractivity contribution in [1.29, 1.82) is 0 Å². The van der Waals surface area contributed by atoms with E-state index in [4.69, 9.17) is 0 Å². The molecule has 0 radical (unpaired) electrons. The number of rotatable bonds is 6. The number of fused-ring (bicyclic) bond motifs is 1. The van der Waals surface area contributed by atoms with Crippen LogP contribution in [0.5, 0.6) is 0 Å². The number of pyridine rings is 1. The molecule has 0 amide bonds. The quantitative estimate of drug-likeness (QED) is 0.613. The van der Waals surface area contributed by atoms with E-state index in [0.717, 1.165) is 52.8 Å². The summed E-state index contributed by atoms with van der Waals surface area (Å²) in [7, 11) is 0. The minimum atomic E-state index is -0.816. The summed E-state index contributed by atoms with van der Waals surface area (Å²) in [5, 5.41) is 2.16. The molecule has 1 aliphatic heterocycles. The van der Waals surface area contributed by atoms with Crippen molar-refractivity contribution in [2.24, 2.45) is 5.92 Å². The van der Waals surface area contributed by atoms with Crippen molar-refractivity contribution >= 4 is 27.9 Å². The number of nitrogens with zero attached hydrogens (tertiary/aromatic N) is 3. The third-order valence-corrected chi connectivity index (χ3v) is 6.23. The lowest BCUT2D eigenvalue weighted by Gasteiger charge is -2.31. The number of Topliss-reactive ketones (excluding diaryl/α,β-unsaturated/α-hetero) is 1. The molecule has 2 aromatic heterocycles. The average molecular weight is 398 g/mol. The molecule has 3 aromatic rings. The number of carbonyl (C=O) groups excluding carboxylic acids is 1. The molecule has 1 aliphatic rings. The molecule has 0 unspecified atom stereocenters. The first-order chi connectivity index (χ1) is 13.6. The van der Waals surface area contributed by atoms with E-state index in [1.807, 2.05) is 24.0 Å². The van der Waals surface area contributed by atoms with E-state index in [9.17, 15) is 9.18 Å². The van der Waals surface area contributed by atoms with Crippen LogP contribution in [-0.4, -0.2) is 46.5 Å². The van der Waals surface area contributed by atoms with Crippen molar-refractivity contribution in [3.63, 3.8) is 0 Å². The SMILES string of the molecule is C[C@H](F)CN1CCC(C(=O)Cc2cc3cc(-c4cncs4)ccc3cn2)CC1. The van der Waals surface area contributed by atoms with E-state index in [1.54, 1.807) is 18.3 Å². The summed E-state index contributed by atoms with van der Waals surface area (Å²) in [6.45, 7) is 3.65. The maximum absolute atomic E-state index is 13.2. The van der Waals surface area contributed by atoms with Gasteiger partial charge in [-0.25, -0.2) is 4.39 Å². The van der Waals surface area contributed by atoms with Gasteiger partial charge in [-0.15, -0.1) is 11.3 Å². The van der Waals surface area contributed by atoms with Crippen molar-refractivity contribution in [1.82, 2.24) is 14.9 Å². The number of aromatic nitrogens is 2. The molecule has 0 N–H and O–H groups in total. The molecule has 28 heavy (non-hydrogen) atoms. The van der Waals surface area contributed by atoms with Gasteiger partial charge in [-0.05, 0) is 55.9 Å². The summed E-state index contributed by atoms with van der Waals surface area (Å²) < 4.78 is 13.2. The molecule has 146 valence electrons. The normalized spacial score (nSPS) is 17.1. The number of hydrogen-bond donors (Lipinski definition) is 0. The van der Waals surface area contributed by atoms with Crippen LogP contribution in [0.1, 0.15) is 25.5 Å². The minimum absolute atomic E-state index is 0.0622. The van der Waals surface area contributed by atoms with E-state index in [2.05, 4.69) is 33.1 Å². The third kappa shape index (κ3) is 4.45. The first-order valence-corrected chi connectivity index (χ1v) is 10.6. The van der Waals surface area contributed by atoms with E-state index >= 15 is 0 Å². The highest BCUT2D eigenvalue weighted by molar-refractivity contribution is 7.13. The predicted octanol–water partition coefficient (Wildman–Crippen LogP) is 4.54. The van der Waals surface area contributed by atoms with Gasteiger partial charge in [0, 0.05) is 42.4 Å². The van der Waals surface area contributed by atoms with Crippen LogP contribution in [0.3, 0.4) is 0 Å².